The predicted molar refractivity (Wildman–Crippen MR) is 92.1 cm³/mol. The highest BCUT2D eigenvalue weighted by Crippen LogP contribution is 2.33. The van der Waals surface area contributed by atoms with Crippen LogP contribution in [0.15, 0.2) is 46.9 Å². The minimum atomic E-state index is -0.0898. The molecule has 1 N–H and O–H groups in total. The lowest BCUT2D eigenvalue weighted by atomic mass is 10.0. The van der Waals surface area contributed by atoms with Crippen LogP contribution < -0.4 is 14.8 Å². The van der Waals surface area contributed by atoms with Gasteiger partial charge in [-0.25, -0.2) is 0 Å². The maximum atomic E-state index is 12.4. The number of rotatable bonds is 4. The predicted octanol–water partition coefficient (Wildman–Crippen LogP) is 4.10. The molecule has 4 nitrogen and oxygen atoms in total. The van der Waals surface area contributed by atoms with Gasteiger partial charge in [0, 0.05) is 10.0 Å². The second-order valence-electron chi connectivity index (χ2n) is 5.35. The molecule has 0 spiro atoms. The molecule has 0 radical (unpaired) electrons. The standard InChI is InChI=1S/C18H18BrNO3/c1-2-15(20-18(21)13-4-3-5-14(19)10-13)12-6-7-16-17(11-12)23-9-8-22-16/h3-7,10-11,15H,2,8-9H2,1H3,(H,20,21). The molecule has 1 atom stereocenters. The quantitative estimate of drug-likeness (QED) is 0.874. The molecular weight excluding hydrogens is 358 g/mol. The van der Waals surface area contributed by atoms with E-state index >= 15 is 0 Å². The van der Waals surface area contributed by atoms with Crippen LogP contribution in [0.2, 0.25) is 0 Å². The van der Waals surface area contributed by atoms with Crippen molar-refractivity contribution in [3.63, 3.8) is 0 Å². The highest BCUT2D eigenvalue weighted by atomic mass is 79.9. The zero-order valence-electron chi connectivity index (χ0n) is 12.8. The molecule has 0 bridgehead atoms. The first-order valence-corrected chi connectivity index (χ1v) is 8.42. The molecule has 1 aliphatic heterocycles. The van der Waals surface area contributed by atoms with Crippen LogP contribution in [-0.4, -0.2) is 19.1 Å². The van der Waals surface area contributed by atoms with Crippen LogP contribution in [0.25, 0.3) is 0 Å². The minimum Gasteiger partial charge on any atom is -0.486 e. The van der Waals surface area contributed by atoms with E-state index in [1.807, 2.05) is 43.3 Å². The maximum Gasteiger partial charge on any atom is 0.251 e. The minimum absolute atomic E-state index is 0.0719. The lowest BCUT2D eigenvalue weighted by Crippen LogP contribution is -2.28. The van der Waals surface area contributed by atoms with E-state index in [-0.39, 0.29) is 11.9 Å². The summed E-state index contributed by atoms with van der Waals surface area (Å²) in [5.41, 5.74) is 1.65. The molecule has 1 unspecified atom stereocenters. The highest BCUT2D eigenvalue weighted by molar-refractivity contribution is 9.10. The molecular formula is C18H18BrNO3. The smallest absolute Gasteiger partial charge is 0.251 e. The Bertz CT molecular complexity index is 717. The molecule has 1 aliphatic rings. The summed E-state index contributed by atoms with van der Waals surface area (Å²) in [6.07, 6.45) is 0.791. The second-order valence-corrected chi connectivity index (χ2v) is 6.26. The second kappa shape index (κ2) is 7.04. The van der Waals surface area contributed by atoms with Gasteiger partial charge in [-0.2, -0.15) is 0 Å². The van der Waals surface area contributed by atoms with Crippen molar-refractivity contribution >= 4 is 21.8 Å². The van der Waals surface area contributed by atoms with E-state index in [0.29, 0.717) is 18.8 Å². The van der Waals surface area contributed by atoms with Crippen LogP contribution in [0.3, 0.4) is 0 Å². The molecule has 1 heterocycles. The van der Waals surface area contributed by atoms with Crippen molar-refractivity contribution in [2.45, 2.75) is 19.4 Å². The van der Waals surface area contributed by atoms with Gasteiger partial charge in [-0.1, -0.05) is 35.0 Å². The molecule has 2 aromatic rings. The third-order valence-electron chi connectivity index (χ3n) is 3.77. The molecule has 1 amide bonds. The molecule has 0 saturated heterocycles. The van der Waals surface area contributed by atoms with Crippen molar-refractivity contribution < 1.29 is 14.3 Å². The molecule has 120 valence electrons. The molecule has 2 aromatic carbocycles. The number of fused-ring (bicyclic) bond motifs is 1. The summed E-state index contributed by atoms with van der Waals surface area (Å²) in [6, 6.07) is 13.1. The lowest BCUT2D eigenvalue weighted by molar-refractivity contribution is 0.0935. The average Bonchev–Trinajstić information content (AvgIpc) is 2.59. The molecule has 5 heteroatoms. The van der Waals surface area contributed by atoms with Gasteiger partial charge in [0.1, 0.15) is 13.2 Å². The molecule has 23 heavy (non-hydrogen) atoms. The van der Waals surface area contributed by atoms with Crippen molar-refractivity contribution in [2.24, 2.45) is 0 Å². The van der Waals surface area contributed by atoms with Gasteiger partial charge in [0.25, 0.3) is 5.91 Å². The zero-order chi connectivity index (χ0) is 16.2. The first kappa shape index (κ1) is 15.9. The number of halogens is 1. The Hall–Kier alpha value is -2.01. The summed E-state index contributed by atoms with van der Waals surface area (Å²) in [6.45, 7) is 3.17. The molecule has 0 saturated carbocycles. The Balaban J connectivity index is 1.78. The van der Waals surface area contributed by atoms with Crippen LogP contribution in [0.5, 0.6) is 11.5 Å². The van der Waals surface area contributed by atoms with Crippen LogP contribution in [0.1, 0.15) is 35.3 Å². The van der Waals surface area contributed by atoms with Gasteiger partial charge in [-0.3, -0.25) is 4.79 Å². The number of hydrogen-bond acceptors (Lipinski definition) is 3. The van der Waals surface area contributed by atoms with E-state index in [1.54, 1.807) is 6.07 Å². The first-order valence-electron chi connectivity index (χ1n) is 7.63. The number of carbonyl (C=O) groups is 1. The summed E-state index contributed by atoms with van der Waals surface area (Å²) < 4.78 is 12.0. The van der Waals surface area contributed by atoms with E-state index in [4.69, 9.17) is 9.47 Å². The summed E-state index contributed by atoms with van der Waals surface area (Å²) in [5, 5.41) is 3.08. The summed E-state index contributed by atoms with van der Waals surface area (Å²) >= 11 is 3.39. The average molecular weight is 376 g/mol. The molecule has 0 aromatic heterocycles. The van der Waals surface area contributed by atoms with Crippen molar-refractivity contribution in [3.05, 3.63) is 58.1 Å². The van der Waals surface area contributed by atoms with Crippen molar-refractivity contribution in [3.8, 4) is 11.5 Å². The van der Waals surface area contributed by atoms with Gasteiger partial charge < -0.3 is 14.8 Å². The Morgan fingerprint density at radius 2 is 1.96 bits per heavy atom. The molecule has 3 rings (SSSR count). The number of amides is 1. The Kier molecular flexibility index (Phi) is 4.86. The largest absolute Gasteiger partial charge is 0.486 e. The van der Waals surface area contributed by atoms with Gasteiger partial charge in [-0.15, -0.1) is 0 Å². The van der Waals surface area contributed by atoms with Crippen molar-refractivity contribution in [1.29, 1.82) is 0 Å². The fourth-order valence-electron chi connectivity index (χ4n) is 2.57. The first-order chi connectivity index (χ1) is 11.2. The zero-order valence-corrected chi connectivity index (χ0v) is 14.4. The fourth-order valence-corrected chi connectivity index (χ4v) is 2.97. The van der Waals surface area contributed by atoms with E-state index in [1.165, 1.54) is 0 Å². The lowest BCUT2D eigenvalue weighted by Gasteiger charge is -2.22. The van der Waals surface area contributed by atoms with Crippen molar-refractivity contribution in [1.82, 2.24) is 5.32 Å². The maximum absolute atomic E-state index is 12.4. The number of ether oxygens (including phenoxy) is 2. The van der Waals surface area contributed by atoms with E-state index in [9.17, 15) is 4.79 Å². The number of nitrogens with one attached hydrogen (secondary N) is 1. The SMILES string of the molecule is CCC(NC(=O)c1cccc(Br)c1)c1ccc2c(c1)OCCO2. The Morgan fingerprint density at radius 3 is 2.70 bits per heavy atom. The van der Waals surface area contributed by atoms with Crippen LogP contribution in [0.4, 0.5) is 0 Å². The van der Waals surface area contributed by atoms with Crippen LogP contribution in [-0.2, 0) is 0 Å². The van der Waals surface area contributed by atoms with Crippen LogP contribution >= 0.6 is 15.9 Å². The normalized spacial score (nSPS) is 14.2. The molecule has 0 aliphatic carbocycles. The van der Waals surface area contributed by atoms with E-state index in [2.05, 4.69) is 21.2 Å². The number of benzene rings is 2. The summed E-state index contributed by atoms with van der Waals surface area (Å²) in [4.78, 5) is 12.4. The Labute approximate surface area is 143 Å². The van der Waals surface area contributed by atoms with Gasteiger partial charge in [0.2, 0.25) is 0 Å². The third-order valence-corrected chi connectivity index (χ3v) is 4.26. The fraction of sp³-hybridized carbons (Fsp3) is 0.278. The van der Waals surface area contributed by atoms with Gasteiger partial charge in [-0.05, 0) is 42.3 Å². The van der Waals surface area contributed by atoms with Gasteiger partial charge in [0.15, 0.2) is 11.5 Å². The van der Waals surface area contributed by atoms with Crippen molar-refractivity contribution in [2.75, 3.05) is 13.2 Å². The summed E-state index contributed by atoms with van der Waals surface area (Å²) in [5.74, 6) is 1.41. The summed E-state index contributed by atoms with van der Waals surface area (Å²) in [7, 11) is 0. The van der Waals surface area contributed by atoms with E-state index in [0.717, 1.165) is 28.0 Å². The number of carbonyl (C=O) groups excluding carboxylic acids is 1. The van der Waals surface area contributed by atoms with Gasteiger partial charge in [0.05, 0.1) is 6.04 Å². The van der Waals surface area contributed by atoms with Gasteiger partial charge >= 0.3 is 0 Å². The third kappa shape index (κ3) is 3.67. The van der Waals surface area contributed by atoms with Crippen LogP contribution in [0, 0.1) is 0 Å². The molecule has 0 fully saturated rings. The number of hydrogen-bond donors (Lipinski definition) is 1. The monoisotopic (exact) mass is 375 g/mol. The topological polar surface area (TPSA) is 47.6 Å². The highest BCUT2D eigenvalue weighted by Gasteiger charge is 2.18. The Morgan fingerprint density at radius 1 is 1.17 bits per heavy atom. The van der Waals surface area contributed by atoms with E-state index < -0.39 is 0 Å².